The summed E-state index contributed by atoms with van der Waals surface area (Å²) < 4.78 is 4.14. The number of amides is 1. The number of hydrogen-bond donors (Lipinski definition) is 2. The SMILES string of the molecule is Cc1c(-c2cncn2-c2n[nH]c3nc(NC(=O)C4CC4)sc23)sc2ccccc12. The molecule has 5 aromatic rings. The fourth-order valence-electron chi connectivity index (χ4n) is 3.52. The Morgan fingerprint density at radius 1 is 1.28 bits per heavy atom. The molecule has 0 spiro atoms. The molecular weight excluding hydrogens is 404 g/mol. The van der Waals surface area contributed by atoms with Crippen LogP contribution >= 0.6 is 22.7 Å². The first-order chi connectivity index (χ1) is 14.2. The fraction of sp³-hybridized carbons (Fsp3) is 0.200. The number of aryl methyl sites for hydroxylation is 1. The Bertz CT molecular complexity index is 1390. The molecule has 1 saturated carbocycles. The highest BCUT2D eigenvalue weighted by atomic mass is 32.1. The molecule has 1 amide bonds. The second kappa shape index (κ2) is 6.23. The van der Waals surface area contributed by atoms with Crippen LogP contribution < -0.4 is 5.32 Å². The van der Waals surface area contributed by atoms with Gasteiger partial charge in [-0.2, -0.15) is 5.10 Å². The summed E-state index contributed by atoms with van der Waals surface area (Å²) in [5, 5.41) is 12.2. The van der Waals surface area contributed by atoms with Crippen molar-refractivity contribution in [3.05, 3.63) is 42.4 Å². The first-order valence-electron chi connectivity index (χ1n) is 9.36. The summed E-state index contributed by atoms with van der Waals surface area (Å²) in [4.78, 5) is 22.1. The number of rotatable bonds is 4. The van der Waals surface area contributed by atoms with Gasteiger partial charge in [0.2, 0.25) is 5.91 Å². The molecule has 0 radical (unpaired) electrons. The zero-order valence-corrected chi connectivity index (χ0v) is 17.1. The number of carbonyl (C=O) groups is 1. The molecule has 0 atom stereocenters. The first kappa shape index (κ1) is 16.9. The van der Waals surface area contributed by atoms with E-state index >= 15 is 0 Å². The molecule has 1 fully saturated rings. The molecule has 0 unspecified atom stereocenters. The predicted octanol–water partition coefficient (Wildman–Crippen LogP) is 4.74. The molecule has 1 aliphatic carbocycles. The molecular formula is C20H16N6OS2. The van der Waals surface area contributed by atoms with Crippen LogP contribution in [0.1, 0.15) is 18.4 Å². The van der Waals surface area contributed by atoms with Crippen LogP contribution in [0.3, 0.4) is 0 Å². The normalized spacial score (nSPS) is 14.1. The standard InChI is InChI=1S/C20H16N6OS2/c1-10-12-4-2-3-5-14(12)28-15(10)13-8-21-9-26(13)18-16-17(24-25-18)22-20(29-16)23-19(27)11-6-7-11/h2-5,8-9,11H,6-7H2,1H3,(H2,22,23,24,25,27). The Hall–Kier alpha value is -3.04. The van der Waals surface area contributed by atoms with Crippen LogP contribution in [0.4, 0.5) is 5.13 Å². The summed E-state index contributed by atoms with van der Waals surface area (Å²) >= 11 is 3.19. The summed E-state index contributed by atoms with van der Waals surface area (Å²) in [5.41, 5.74) is 2.90. The highest BCUT2D eigenvalue weighted by Crippen LogP contribution is 2.40. The van der Waals surface area contributed by atoms with E-state index in [9.17, 15) is 4.79 Å². The van der Waals surface area contributed by atoms with Gasteiger partial charge in [-0.05, 0) is 36.8 Å². The number of thiazole rings is 1. The van der Waals surface area contributed by atoms with Gasteiger partial charge in [-0.3, -0.25) is 14.5 Å². The average molecular weight is 421 g/mol. The number of hydrogen-bond acceptors (Lipinski definition) is 6. The third-order valence-electron chi connectivity index (χ3n) is 5.22. The number of nitrogens with zero attached hydrogens (tertiary/aromatic N) is 4. The molecule has 2 N–H and O–H groups in total. The van der Waals surface area contributed by atoms with Crippen molar-refractivity contribution in [1.29, 1.82) is 0 Å². The molecule has 29 heavy (non-hydrogen) atoms. The van der Waals surface area contributed by atoms with Gasteiger partial charge in [-0.25, -0.2) is 9.97 Å². The molecule has 144 valence electrons. The van der Waals surface area contributed by atoms with Crippen LogP contribution in [0, 0.1) is 12.8 Å². The third-order valence-corrected chi connectivity index (χ3v) is 7.48. The maximum atomic E-state index is 12.1. The summed E-state index contributed by atoms with van der Waals surface area (Å²) in [5.74, 6) is 0.944. The fourth-order valence-corrected chi connectivity index (χ4v) is 5.65. The van der Waals surface area contributed by atoms with Crippen LogP contribution in [-0.2, 0) is 4.79 Å². The molecule has 1 aromatic carbocycles. The van der Waals surface area contributed by atoms with Crippen molar-refractivity contribution in [3.8, 4) is 16.4 Å². The Labute approximate surface area is 173 Å². The summed E-state index contributed by atoms with van der Waals surface area (Å²) in [6, 6.07) is 8.42. The van der Waals surface area contributed by atoms with Crippen molar-refractivity contribution in [2.24, 2.45) is 5.92 Å². The maximum absolute atomic E-state index is 12.1. The van der Waals surface area contributed by atoms with E-state index in [0.29, 0.717) is 10.8 Å². The smallest absolute Gasteiger partial charge is 0.229 e. The maximum Gasteiger partial charge on any atom is 0.229 e. The van der Waals surface area contributed by atoms with Gasteiger partial charge < -0.3 is 5.32 Å². The van der Waals surface area contributed by atoms with Gasteiger partial charge in [-0.1, -0.05) is 29.5 Å². The van der Waals surface area contributed by atoms with E-state index in [2.05, 4.69) is 56.7 Å². The minimum Gasteiger partial charge on any atom is -0.302 e. The van der Waals surface area contributed by atoms with E-state index in [1.807, 2.05) is 10.8 Å². The van der Waals surface area contributed by atoms with E-state index in [4.69, 9.17) is 0 Å². The number of fused-ring (bicyclic) bond motifs is 2. The van der Waals surface area contributed by atoms with E-state index in [1.165, 1.54) is 31.9 Å². The lowest BCUT2D eigenvalue weighted by molar-refractivity contribution is -0.117. The number of aromatic nitrogens is 5. The van der Waals surface area contributed by atoms with Crippen molar-refractivity contribution in [1.82, 2.24) is 24.7 Å². The number of nitrogens with one attached hydrogen (secondary N) is 2. The number of imidazole rings is 1. The number of benzene rings is 1. The van der Waals surface area contributed by atoms with Gasteiger partial charge in [0, 0.05) is 10.6 Å². The Balaban J connectivity index is 1.44. The minimum atomic E-state index is 0.0557. The predicted molar refractivity (Wildman–Crippen MR) is 116 cm³/mol. The monoisotopic (exact) mass is 420 g/mol. The van der Waals surface area contributed by atoms with Crippen molar-refractivity contribution >= 4 is 54.1 Å². The summed E-state index contributed by atoms with van der Waals surface area (Å²) in [7, 11) is 0. The molecule has 9 heteroatoms. The van der Waals surface area contributed by atoms with E-state index in [1.54, 1.807) is 17.7 Å². The number of H-pyrrole nitrogens is 1. The van der Waals surface area contributed by atoms with Gasteiger partial charge in [-0.15, -0.1) is 11.3 Å². The largest absolute Gasteiger partial charge is 0.302 e. The topological polar surface area (TPSA) is 88.5 Å². The quantitative estimate of drug-likeness (QED) is 0.439. The van der Waals surface area contributed by atoms with Crippen LogP contribution in [-0.4, -0.2) is 30.6 Å². The highest BCUT2D eigenvalue weighted by molar-refractivity contribution is 7.23. The van der Waals surface area contributed by atoms with E-state index < -0.39 is 0 Å². The molecule has 6 rings (SSSR count). The zero-order valence-electron chi connectivity index (χ0n) is 15.5. The van der Waals surface area contributed by atoms with Gasteiger partial charge in [0.25, 0.3) is 0 Å². The third kappa shape index (κ3) is 2.69. The van der Waals surface area contributed by atoms with Crippen molar-refractivity contribution in [2.75, 3.05) is 5.32 Å². The van der Waals surface area contributed by atoms with Crippen molar-refractivity contribution in [3.63, 3.8) is 0 Å². The first-order valence-corrected chi connectivity index (χ1v) is 11.0. The lowest BCUT2D eigenvalue weighted by atomic mass is 10.1. The Morgan fingerprint density at radius 2 is 2.14 bits per heavy atom. The second-order valence-electron chi connectivity index (χ2n) is 7.21. The van der Waals surface area contributed by atoms with Crippen molar-refractivity contribution in [2.45, 2.75) is 19.8 Å². The molecule has 0 saturated heterocycles. The van der Waals surface area contributed by atoms with Gasteiger partial charge >= 0.3 is 0 Å². The Morgan fingerprint density at radius 3 is 2.97 bits per heavy atom. The van der Waals surface area contributed by atoms with E-state index in [-0.39, 0.29) is 11.8 Å². The second-order valence-corrected chi connectivity index (χ2v) is 9.26. The van der Waals surface area contributed by atoms with Gasteiger partial charge in [0.05, 0.1) is 16.8 Å². The number of carbonyl (C=O) groups excluding carboxylic acids is 1. The molecule has 4 aromatic heterocycles. The van der Waals surface area contributed by atoms with Crippen LogP contribution in [0.15, 0.2) is 36.8 Å². The van der Waals surface area contributed by atoms with Gasteiger partial charge in [0.1, 0.15) is 11.0 Å². The zero-order chi connectivity index (χ0) is 19.5. The Kier molecular flexibility index (Phi) is 3.62. The van der Waals surface area contributed by atoms with Crippen LogP contribution in [0.2, 0.25) is 0 Å². The summed E-state index contributed by atoms with van der Waals surface area (Å²) in [6.07, 6.45) is 5.58. The van der Waals surface area contributed by atoms with Crippen molar-refractivity contribution < 1.29 is 4.79 Å². The average Bonchev–Trinajstić information content (AvgIpc) is 3.01. The molecule has 0 bridgehead atoms. The number of thiophene rings is 1. The number of anilines is 1. The molecule has 7 nitrogen and oxygen atoms in total. The highest BCUT2D eigenvalue weighted by Gasteiger charge is 2.30. The van der Waals surface area contributed by atoms with Crippen LogP contribution in [0.5, 0.6) is 0 Å². The van der Waals surface area contributed by atoms with Crippen LogP contribution in [0.25, 0.3) is 36.8 Å². The molecule has 1 aliphatic rings. The molecule has 4 heterocycles. The van der Waals surface area contributed by atoms with E-state index in [0.717, 1.165) is 29.1 Å². The number of aromatic amines is 1. The minimum absolute atomic E-state index is 0.0557. The lowest BCUT2D eigenvalue weighted by Crippen LogP contribution is -2.12. The lowest BCUT2D eigenvalue weighted by Gasteiger charge is -2.04. The molecule has 0 aliphatic heterocycles. The van der Waals surface area contributed by atoms with Gasteiger partial charge in [0.15, 0.2) is 16.6 Å². The summed E-state index contributed by atoms with van der Waals surface area (Å²) in [6.45, 7) is 2.14.